The van der Waals surface area contributed by atoms with Crippen molar-refractivity contribution in [2.75, 3.05) is 38.6 Å². The summed E-state index contributed by atoms with van der Waals surface area (Å²) in [6.45, 7) is 4.24. The molecule has 14 heteroatoms. The van der Waals surface area contributed by atoms with E-state index in [0.29, 0.717) is 13.0 Å². The van der Waals surface area contributed by atoms with Gasteiger partial charge in [-0.05, 0) is 101 Å². The molecule has 3 N–H and O–H groups in total. The van der Waals surface area contributed by atoms with Crippen LogP contribution in [0.1, 0.15) is 60.3 Å². The number of urea groups is 1. The summed E-state index contributed by atoms with van der Waals surface area (Å²) in [6, 6.07) is 20.3. The molecule has 2 aliphatic rings. The molecule has 11 nitrogen and oxygen atoms in total. The third-order valence-corrected chi connectivity index (χ3v) is 11.4. The highest BCUT2D eigenvalue weighted by molar-refractivity contribution is 7.99. The minimum absolute atomic E-state index is 0.00834. The van der Waals surface area contributed by atoms with Crippen LogP contribution in [0.4, 0.5) is 16.2 Å². The lowest BCUT2D eigenvalue weighted by Crippen LogP contribution is -2.45. The molecule has 3 aromatic carbocycles. The Bertz CT molecular complexity index is 1920. The van der Waals surface area contributed by atoms with E-state index in [9.17, 15) is 18.0 Å². The van der Waals surface area contributed by atoms with Crippen LogP contribution < -0.4 is 20.3 Å². The monoisotopic (exact) mass is 763 g/mol. The maximum atomic E-state index is 12.4. The third kappa shape index (κ3) is 11.2. The van der Waals surface area contributed by atoms with Crippen molar-refractivity contribution in [1.29, 1.82) is 0 Å². The van der Waals surface area contributed by atoms with Crippen molar-refractivity contribution in [2.24, 2.45) is 0 Å². The van der Waals surface area contributed by atoms with E-state index in [-0.39, 0.29) is 22.5 Å². The van der Waals surface area contributed by atoms with Gasteiger partial charge in [-0.25, -0.2) is 22.9 Å². The van der Waals surface area contributed by atoms with Crippen molar-refractivity contribution < 1.29 is 18.0 Å². The number of sulfonamides is 1. The maximum Gasteiger partial charge on any atom is 0.328 e. The molecule has 0 bridgehead atoms. The summed E-state index contributed by atoms with van der Waals surface area (Å²) in [7, 11) is 0.284. The lowest BCUT2D eigenvalue weighted by Gasteiger charge is -2.33. The number of benzene rings is 3. The third-order valence-electron chi connectivity index (χ3n) is 8.69. The smallest absolute Gasteiger partial charge is 0.328 e. The predicted molar refractivity (Wildman–Crippen MR) is 207 cm³/mol. The van der Waals surface area contributed by atoms with Crippen molar-refractivity contribution in [3.05, 3.63) is 101 Å². The summed E-state index contributed by atoms with van der Waals surface area (Å²) in [6.07, 6.45) is 9.55. The van der Waals surface area contributed by atoms with Crippen molar-refractivity contribution >= 4 is 56.7 Å². The summed E-state index contributed by atoms with van der Waals surface area (Å²) in [4.78, 5) is 39.4. The molecule has 276 valence electrons. The number of carbonyl (C=O) groups excluding carboxylic acids is 2. The topological polar surface area (TPSA) is 137 Å². The zero-order valence-corrected chi connectivity index (χ0v) is 32.2. The number of amides is 3. The first-order chi connectivity index (χ1) is 25.0. The van der Waals surface area contributed by atoms with Crippen molar-refractivity contribution in [3.8, 4) is 0 Å². The first kappa shape index (κ1) is 39.0. The molecule has 0 radical (unpaired) electrons. The van der Waals surface area contributed by atoms with Gasteiger partial charge in [0.1, 0.15) is 5.69 Å². The summed E-state index contributed by atoms with van der Waals surface area (Å²) in [5.74, 6) is -0.320. The molecule has 0 atom stereocenters. The van der Waals surface area contributed by atoms with Gasteiger partial charge >= 0.3 is 6.03 Å². The van der Waals surface area contributed by atoms with Crippen LogP contribution in [-0.2, 0) is 16.4 Å². The Morgan fingerprint density at radius 3 is 2.38 bits per heavy atom. The summed E-state index contributed by atoms with van der Waals surface area (Å²) in [5.41, 5.74) is 4.33. The highest BCUT2D eigenvalue weighted by atomic mass is 35.5. The van der Waals surface area contributed by atoms with Gasteiger partial charge in [-0.1, -0.05) is 66.9 Å². The highest BCUT2D eigenvalue weighted by Crippen LogP contribution is 2.48. The molecule has 0 spiro atoms. The number of aryl methyl sites for hydroxylation is 1. The van der Waals surface area contributed by atoms with Gasteiger partial charge in [-0.15, -0.1) is 0 Å². The Morgan fingerprint density at radius 1 is 0.942 bits per heavy atom. The van der Waals surface area contributed by atoms with Crippen LogP contribution in [0.15, 0.2) is 93.8 Å². The van der Waals surface area contributed by atoms with Gasteiger partial charge in [-0.3, -0.25) is 9.78 Å². The zero-order valence-electron chi connectivity index (χ0n) is 29.8. The van der Waals surface area contributed by atoms with E-state index in [0.717, 1.165) is 67.9 Å². The predicted octanol–water partition coefficient (Wildman–Crippen LogP) is 6.97. The number of nitrogens with one attached hydrogen (secondary N) is 3. The second-order valence-electron chi connectivity index (χ2n) is 13.1. The quantitative estimate of drug-likeness (QED) is 0.148. The first-order valence-corrected chi connectivity index (χ1v) is 20.1. The zero-order chi connectivity index (χ0) is 37.1. The molecule has 1 saturated carbocycles. The molecule has 52 heavy (non-hydrogen) atoms. The lowest BCUT2D eigenvalue weighted by molar-refractivity contribution is 0.0948. The van der Waals surface area contributed by atoms with Gasteiger partial charge in [0, 0.05) is 40.1 Å². The number of para-hydroxylation sites is 1. The number of carbonyl (C=O) groups is 2. The van der Waals surface area contributed by atoms with E-state index >= 15 is 0 Å². The molecule has 1 fully saturated rings. The first-order valence-electron chi connectivity index (χ1n) is 17.5. The largest absolute Gasteiger partial charge is 0.350 e. The summed E-state index contributed by atoms with van der Waals surface area (Å²) < 4.78 is 26.9. The van der Waals surface area contributed by atoms with Crippen LogP contribution in [0.2, 0.25) is 5.02 Å². The minimum atomic E-state index is -3.95. The van der Waals surface area contributed by atoms with Gasteiger partial charge in [0.25, 0.3) is 15.9 Å². The van der Waals surface area contributed by atoms with Crippen molar-refractivity contribution in [3.63, 3.8) is 0 Å². The van der Waals surface area contributed by atoms with Crippen LogP contribution in [0.3, 0.4) is 0 Å². The molecule has 4 aromatic rings. The second kappa shape index (κ2) is 18.5. The number of fused-ring (bicyclic) bond motifs is 2. The van der Waals surface area contributed by atoms with Gasteiger partial charge < -0.3 is 20.4 Å². The van der Waals surface area contributed by atoms with Crippen LogP contribution in [0.25, 0.3) is 0 Å². The van der Waals surface area contributed by atoms with Gasteiger partial charge in [0.15, 0.2) is 0 Å². The molecule has 6 rings (SSSR count). The molecule has 3 amide bonds. The maximum absolute atomic E-state index is 12.4. The molecule has 0 saturated heterocycles. The molecule has 1 aliphatic heterocycles. The Hall–Kier alpha value is -4.17. The second-order valence-corrected chi connectivity index (χ2v) is 16.3. The Kier molecular flexibility index (Phi) is 13.9. The normalized spacial score (nSPS) is 14.1. The number of anilines is 2. The van der Waals surface area contributed by atoms with E-state index in [2.05, 4.69) is 85.6 Å². The van der Waals surface area contributed by atoms with Crippen molar-refractivity contribution in [1.82, 2.24) is 30.2 Å². The number of hydrogen-bond acceptors (Lipinski definition) is 9. The van der Waals surface area contributed by atoms with Crippen LogP contribution in [0.5, 0.6) is 0 Å². The highest BCUT2D eigenvalue weighted by Gasteiger charge is 2.24. The Labute approximate surface area is 316 Å². The number of halogens is 1. The number of nitrogens with zero attached hydrogens (tertiary/aromatic N) is 4. The molecule has 2 heterocycles. The van der Waals surface area contributed by atoms with Crippen molar-refractivity contribution in [2.45, 2.75) is 72.6 Å². The van der Waals surface area contributed by atoms with Gasteiger partial charge in [0.05, 0.1) is 28.2 Å². The number of rotatable bonds is 11. The van der Waals surface area contributed by atoms with Crippen LogP contribution in [-0.4, -0.2) is 75.0 Å². The average Bonchev–Trinajstić information content (AvgIpc) is 3.12. The Balaban J connectivity index is 0.000000216. The number of aromatic nitrogens is 2. The standard InChI is InChI=1S/C21H27N5O4S.C17H19ClN2S/c1-15-13-24-19(14-23-15)20(27)22-12-11-16-7-9-18(10-8-16)31(29,30)26-21(28)25-17-5-3-2-4-6-17;1-19(2)10-5-11-20-14-6-3-4-7-16(14)21-17-9-8-13(18)12-15(17)20/h7-10,13-14,17H,2-6,11-12H2,1H3,(H,22,27)(H2,25,26,28);3-4,6-9,12H,5,10-11H2,1-2H3. The fourth-order valence-corrected chi connectivity index (χ4v) is 8.14. The molecule has 1 aliphatic carbocycles. The molecule has 0 unspecified atom stereocenters. The lowest BCUT2D eigenvalue weighted by atomic mass is 9.96. The molecule has 1 aromatic heterocycles. The van der Waals surface area contributed by atoms with E-state index in [4.69, 9.17) is 11.6 Å². The van der Waals surface area contributed by atoms with E-state index in [1.807, 2.05) is 17.8 Å². The minimum Gasteiger partial charge on any atom is -0.350 e. The van der Waals surface area contributed by atoms with E-state index < -0.39 is 16.1 Å². The fourth-order valence-electron chi connectivity index (χ4n) is 5.99. The van der Waals surface area contributed by atoms with Gasteiger partial charge in [0.2, 0.25) is 0 Å². The summed E-state index contributed by atoms with van der Waals surface area (Å²) in [5, 5.41) is 6.28. The van der Waals surface area contributed by atoms with Crippen LogP contribution >= 0.6 is 23.4 Å². The van der Waals surface area contributed by atoms with Crippen LogP contribution in [0, 0.1) is 6.92 Å². The molecular formula is C38H46ClN7O4S2. The SMILES string of the molecule is CN(C)CCCN1c2ccccc2Sc2ccc(Cl)cc21.Cc1cnc(C(=O)NCCc2ccc(S(=O)(=O)NC(=O)NC3CCCCC3)cc2)cn1. The summed E-state index contributed by atoms with van der Waals surface area (Å²) >= 11 is 8.03. The van der Waals surface area contributed by atoms with Gasteiger partial charge in [-0.2, -0.15) is 0 Å². The average molecular weight is 764 g/mol. The fraction of sp³-hybridized carbons (Fsp3) is 0.368. The van der Waals surface area contributed by atoms with E-state index in [1.54, 1.807) is 19.1 Å². The van der Waals surface area contributed by atoms with E-state index in [1.165, 1.54) is 45.7 Å². The number of hydrogen-bond donors (Lipinski definition) is 3. The Morgan fingerprint density at radius 2 is 1.67 bits per heavy atom. The molecular weight excluding hydrogens is 718 g/mol.